The standard InChI is InChI=1S/C20H22FN3O3/c21-16-6-4-15(5-7-16)10-11-22-20(25)18-14-17(24(26)27)8-9-19(18)23-12-2-1-3-13-23/h4-9,14H,1-3,10-13H2,(H,22,25). The van der Waals surface area contributed by atoms with E-state index in [2.05, 4.69) is 10.2 Å². The molecule has 1 amide bonds. The molecule has 7 heteroatoms. The van der Waals surface area contributed by atoms with Crippen LogP contribution in [0.1, 0.15) is 35.2 Å². The van der Waals surface area contributed by atoms with Gasteiger partial charge in [0.1, 0.15) is 5.82 Å². The van der Waals surface area contributed by atoms with Crippen LogP contribution in [0, 0.1) is 15.9 Å². The Bertz CT molecular complexity index is 818. The van der Waals surface area contributed by atoms with Crippen LogP contribution in [0.4, 0.5) is 15.8 Å². The smallest absolute Gasteiger partial charge is 0.270 e. The number of halogens is 1. The SMILES string of the molecule is O=C(NCCc1ccc(F)cc1)c1cc([N+](=O)[O-])ccc1N1CCCCC1. The van der Waals surface area contributed by atoms with Crippen LogP contribution in [-0.4, -0.2) is 30.5 Å². The van der Waals surface area contributed by atoms with Crippen molar-refractivity contribution in [1.82, 2.24) is 5.32 Å². The monoisotopic (exact) mass is 371 g/mol. The van der Waals surface area contributed by atoms with Gasteiger partial charge in [0.05, 0.1) is 16.2 Å². The van der Waals surface area contributed by atoms with Crippen molar-refractivity contribution >= 4 is 17.3 Å². The van der Waals surface area contributed by atoms with Crippen LogP contribution in [0.5, 0.6) is 0 Å². The molecule has 0 radical (unpaired) electrons. The van der Waals surface area contributed by atoms with E-state index in [9.17, 15) is 19.3 Å². The molecule has 3 rings (SSSR count). The van der Waals surface area contributed by atoms with Crippen molar-refractivity contribution in [2.24, 2.45) is 0 Å². The molecule has 2 aromatic rings. The third-order valence-corrected chi connectivity index (χ3v) is 4.74. The number of anilines is 1. The van der Waals surface area contributed by atoms with Crippen molar-refractivity contribution < 1.29 is 14.1 Å². The number of carbonyl (C=O) groups excluding carboxylic acids is 1. The summed E-state index contributed by atoms with van der Waals surface area (Å²) in [6, 6.07) is 10.6. The molecule has 1 aliphatic rings. The molecule has 0 aliphatic carbocycles. The first-order valence-corrected chi connectivity index (χ1v) is 9.10. The number of benzene rings is 2. The molecule has 0 aromatic heterocycles. The highest BCUT2D eigenvalue weighted by molar-refractivity contribution is 6.00. The van der Waals surface area contributed by atoms with Gasteiger partial charge in [-0.2, -0.15) is 0 Å². The van der Waals surface area contributed by atoms with E-state index in [1.54, 1.807) is 18.2 Å². The molecular weight excluding hydrogens is 349 g/mol. The van der Waals surface area contributed by atoms with Gasteiger partial charge in [-0.25, -0.2) is 4.39 Å². The Labute approximate surface area is 157 Å². The Morgan fingerprint density at radius 2 is 1.81 bits per heavy atom. The van der Waals surface area contributed by atoms with Gasteiger partial charge in [0.15, 0.2) is 0 Å². The molecule has 142 valence electrons. The molecule has 1 N–H and O–H groups in total. The lowest BCUT2D eigenvalue weighted by Gasteiger charge is -2.30. The van der Waals surface area contributed by atoms with Crippen molar-refractivity contribution in [2.45, 2.75) is 25.7 Å². The van der Waals surface area contributed by atoms with Crippen LogP contribution in [0.3, 0.4) is 0 Å². The largest absolute Gasteiger partial charge is 0.371 e. The lowest BCUT2D eigenvalue weighted by atomic mass is 10.1. The summed E-state index contributed by atoms with van der Waals surface area (Å²) in [5.74, 6) is -0.632. The number of nitrogens with zero attached hydrogens (tertiary/aromatic N) is 2. The number of nitrogens with one attached hydrogen (secondary N) is 1. The lowest BCUT2D eigenvalue weighted by Crippen LogP contribution is -2.33. The number of nitro benzene ring substituents is 1. The summed E-state index contributed by atoms with van der Waals surface area (Å²) < 4.78 is 13.0. The predicted octanol–water partition coefficient (Wildman–Crippen LogP) is 3.70. The number of hydrogen-bond donors (Lipinski definition) is 1. The van der Waals surface area contributed by atoms with E-state index in [1.807, 2.05) is 0 Å². The summed E-state index contributed by atoms with van der Waals surface area (Å²) >= 11 is 0. The van der Waals surface area contributed by atoms with Crippen molar-refractivity contribution in [1.29, 1.82) is 0 Å². The number of amides is 1. The van der Waals surface area contributed by atoms with Crippen LogP contribution >= 0.6 is 0 Å². The molecule has 1 fully saturated rings. The molecule has 6 nitrogen and oxygen atoms in total. The Morgan fingerprint density at radius 3 is 2.48 bits per heavy atom. The number of carbonyl (C=O) groups is 1. The summed E-state index contributed by atoms with van der Waals surface area (Å²) in [6.45, 7) is 2.05. The highest BCUT2D eigenvalue weighted by Crippen LogP contribution is 2.28. The van der Waals surface area contributed by atoms with Gasteiger partial charge in [0, 0.05) is 31.8 Å². The second-order valence-corrected chi connectivity index (χ2v) is 6.64. The number of non-ortho nitro benzene ring substituents is 1. The average molecular weight is 371 g/mol. The fourth-order valence-electron chi connectivity index (χ4n) is 3.30. The Hall–Kier alpha value is -2.96. The fourth-order valence-corrected chi connectivity index (χ4v) is 3.30. The molecular formula is C20H22FN3O3. The Kier molecular flexibility index (Phi) is 6.01. The topological polar surface area (TPSA) is 75.5 Å². The maximum atomic E-state index is 13.0. The predicted molar refractivity (Wildman–Crippen MR) is 102 cm³/mol. The summed E-state index contributed by atoms with van der Waals surface area (Å²) in [4.78, 5) is 25.4. The van der Waals surface area contributed by atoms with Crippen LogP contribution in [0.25, 0.3) is 0 Å². The second-order valence-electron chi connectivity index (χ2n) is 6.64. The second kappa shape index (κ2) is 8.62. The number of piperidine rings is 1. The molecule has 0 bridgehead atoms. The highest BCUT2D eigenvalue weighted by Gasteiger charge is 2.21. The zero-order chi connectivity index (χ0) is 19.2. The molecule has 27 heavy (non-hydrogen) atoms. The number of rotatable bonds is 6. The van der Waals surface area contributed by atoms with Crippen molar-refractivity contribution in [3.8, 4) is 0 Å². The Balaban J connectivity index is 1.73. The van der Waals surface area contributed by atoms with Crippen LogP contribution in [-0.2, 0) is 6.42 Å². The maximum Gasteiger partial charge on any atom is 0.270 e. The number of hydrogen-bond acceptors (Lipinski definition) is 4. The molecule has 0 atom stereocenters. The van der Waals surface area contributed by atoms with E-state index in [-0.39, 0.29) is 17.4 Å². The van der Waals surface area contributed by atoms with Crippen molar-refractivity contribution in [3.63, 3.8) is 0 Å². The van der Waals surface area contributed by atoms with Gasteiger partial charge in [-0.15, -0.1) is 0 Å². The van der Waals surface area contributed by atoms with Gasteiger partial charge in [0.25, 0.3) is 11.6 Å². The summed E-state index contributed by atoms with van der Waals surface area (Å²) in [7, 11) is 0. The molecule has 1 aliphatic heterocycles. The van der Waals surface area contributed by atoms with E-state index in [0.717, 1.165) is 43.6 Å². The molecule has 0 spiro atoms. The van der Waals surface area contributed by atoms with Gasteiger partial charge in [-0.1, -0.05) is 12.1 Å². The summed E-state index contributed by atoms with van der Waals surface area (Å²) in [5, 5.41) is 13.9. The average Bonchev–Trinajstić information content (AvgIpc) is 2.69. The first kappa shape index (κ1) is 18.8. The fraction of sp³-hybridized carbons (Fsp3) is 0.350. The zero-order valence-corrected chi connectivity index (χ0v) is 15.0. The van der Waals surface area contributed by atoms with E-state index < -0.39 is 4.92 Å². The van der Waals surface area contributed by atoms with E-state index >= 15 is 0 Å². The number of nitro groups is 1. The van der Waals surface area contributed by atoms with Gasteiger partial charge in [0.2, 0.25) is 0 Å². The minimum Gasteiger partial charge on any atom is -0.371 e. The van der Waals surface area contributed by atoms with Gasteiger partial charge < -0.3 is 10.2 Å². The zero-order valence-electron chi connectivity index (χ0n) is 15.0. The lowest BCUT2D eigenvalue weighted by molar-refractivity contribution is -0.384. The quantitative estimate of drug-likeness (QED) is 0.621. The minimum absolute atomic E-state index is 0.0977. The van der Waals surface area contributed by atoms with Crippen LogP contribution in [0.2, 0.25) is 0 Å². The normalized spacial score (nSPS) is 14.0. The minimum atomic E-state index is -0.491. The first-order valence-electron chi connectivity index (χ1n) is 9.10. The van der Waals surface area contributed by atoms with E-state index in [4.69, 9.17) is 0 Å². The van der Waals surface area contributed by atoms with E-state index in [0.29, 0.717) is 18.5 Å². The van der Waals surface area contributed by atoms with Gasteiger partial charge in [-0.3, -0.25) is 14.9 Å². The summed E-state index contributed by atoms with van der Waals surface area (Å²) in [6.07, 6.45) is 3.80. The molecule has 0 saturated carbocycles. The summed E-state index contributed by atoms with van der Waals surface area (Å²) in [5.41, 5.74) is 1.87. The molecule has 2 aromatic carbocycles. The maximum absolute atomic E-state index is 13.0. The molecule has 0 unspecified atom stereocenters. The Morgan fingerprint density at radius 1 is 1.11 bits per heavy atom. The van der Waals surface area contributed by atoms with E-state index in [1.165, 1.54) is 24.3 Å². The molecule has 1 heterocycles. The van der Waals surface area contributed by atoms with Gasteiger partial charge >= 0.3 is 0 Å². The third kappa shape index (κ3) is 4.81. The van der Waals surface area contributed by atoms with Crippen LogP contribution < -0.4 is 10.2 Å². The highest BCUT2D eigenvalue weighted by atomic mass is 19.1. The third-order valence-electron chi connectivity index (χ3n) is 4.74. The van der Waals surface area contributed by atoms with Crippen LogP contribution in [0.15, 0.2) is 42.5 Å². The molecule has 1 saturated heterocycles. The van der Waals surface area contributed by atoms with Crippen molar-refractivity contribution in [3.05, 3.63) is 69.5 Å². The first-order chi connectivity index (χ1) is 13.0. The van der Waals surface area contributed by atoms with Crippen molar-refractivity contribution in [2.75, 3.05) is 24.5 Å². The van der Waals surface area contributed by atoms with Gasteiger partial charge in [-0.05, 0) is 49.4 Å².